The topological polar surface area (TPSA) is 29.1 Å². The van der Waals surface area contributed by atoms with Crippen molar-refractivity contribution in [2.75, 3.05) is 6.54 Å². The molecular weight excluding hydrogens is 222 g/mol. The molecule has 0 unspecified atom stereocenters. The number of hydrogen-bond donors (Lipinski definition) is 1. The molecule has 2 heteroatoms. The van der Waals surface area contributed by atoms with Crippen LogP contribution >= 0.6 is 0 Å². The van der Waals surface area contributed by atoms with Crippen molar-refractivity contribution >= 4 is 5.91 Å². The number of hydrogen-bond acceptors (Lipinski definition) is 1. The summed E-state index contributed by atoms with van der Waals surface area (Å²) in [5.74, 6) is 1.53. The minimum atomic E-state index is 0.310. The number of unbranched alkanes of at least 4 members (excludes halogenated alkanes) is 3. The van der Waals surface area contributed by atoms with Crippen LogP contribution in [0, 0.1) is 11.8 Å². The highest BCUT2D eigenvalue weighted by Gasteiger charge is 2.25. The highest BCUT2D eigenvalue weighted by Crippen LogP contribution is 2.31. The maximum absolute atomic E-state index is 12.0. The van der Waals surface area contributed by atoms with Gasteiger partial charge in [0.25, 0.3) is 0 Å². The third-order valence-electron chi connectivity index (χ3n) is 4.26. The molecule has 0 aliphatic heterocycles. The molecule has 18 heavy (non-hydrogen) atoms. The summed E-state index contributed by atoms with van der Waals surface area (Å²) >= 11 is 0. The van der Waals surface area contributed by atoms with Gasteiger partial charge in [-0.2, -0.15) is 0 Å². The third kappa shape index (κ3) is 5.88. The zero-order chi connectivity index (χ0) is 13.2. The SMILES string of the molecule is CCCCCNC(=O)C1CCC(CCCC)CC1. The summed E-state index contributed by atoms with van der Waals surface area (Å²) in [5.41, 5.74) is 0. The Balaban J connectivity index is 2.11. The minimum absolute atomic E-state index is 0.310. The van der Waals surface area contributed by atoms with Crippen LogP contribution in [0.25, 0.3) is 0 Å². The summed E-state index contributed by atoms with van der Waals surface area (Å²) in [4.78, 5) is 12.0. The van der Waals surface area contributed by atoms with Crippen LogP contribution in [0.1, 0.15) is 78.1 Å². The van der Waals surface area contributed by atoms with Crippen molar-refractivity contribution in [1.82, 2.24) is 5.32 Å². The standard InChI is InChI=1S/C16H31NO/c1-3-5-7-13-17-16(18)15-11-9-14(10-12-15)8-6-4-2/h14-15H,3-13H2,1-2H3,(H,17,18). The van der Waals surface area contributed by atoms with E-state index >= 15 is 0 Å². The number of rotatable bonds is 8. The van der Waals surface area contributed by atoms with Gasteiger partial charge in [-0.3, -0.25) is 4.79 Å². The summed E-state index contributed by atoms with van der Waals surface area (Å²) in [6, 6.07) is 0. The predicted molar refractivity (Wildman–Crippen MR) is 77.5 cm³/mol. The normalized spacial score (nSPS) is 23.9. The second kappa shape index (κ2) is 9.41. The van der Waals surface area contributed by atoms with Gasteiger partial charge in [0.2, 0.25) is 5.91 Å². The first-order valence-corrected chi connectivity index (χ1v) is 8.05. The molecule has 1 fully saturated rings. The van der Waals surface area contributed by atoms with Crippen molar-refractivity contribution in [3.05, 3.63) is 0 Å². The molecule has 0 aromatic rings. The zero-order valence-corrected chi connectivity index (χ0v) is 12.3. The Morgan fingerprint density at radius 2 is 1.67 bits per heavy atom. The van der Waals surface area contributed by atoms with Crippen LogP contribution in [0.5, 0.6) is 0 Å². The summed E-state index contributed by atoms with van der Waals surface area (Å²) < 4.78 is 0. The van der Waals surface area contributed by atoms with Crippen molar-refractivity contribution in [3.63, 3.8) is 0 Å². The Morgan fingerprint density at radius 1 is 1.00 bits per heavy atom. The lowest BCUT2D eigenvalue weighted by Crippen LogP contribution is -2.33. The van der Waals surface area contributed by atoms with Crippen LogP contribution in [0.3, 0.4) is 0 Å². The second-order valence-electron chi connectivity index (χ2n) is 5.86. The minimum Gasteiger partial charge on any atom is -0.356 e. The predicted octanol–water partition coefficient (Wildman–Crippen LogP) is 4.29. The summed E-state index contributed by atoms with van der Waals surface area (Å²) in [5, 5.41) is 3.11. The Morgan fingerprint density at radius 3 is 2.28 bits per heavy atom. The monoisotopic (exact) mass is 253 g/mol. The first kappa shape index (κ1) is 15.5. The van der Waals surface area contributed by atoms with Crippen LogP contribution in [-0.2, 0) is 4.79 Å². The molecule has 0 saturated heterocycles. The van der Waals surface area contributed by atoms with Crippen molar-refractivity contribution in [1.29, 1.82) is 0 Å². The molecule has 0 spiro atoms. The molecule has 106 valence electrons. The smallest absolute Gasteiger partial charge is 0.223 e. The summed E-state index contributed by atoms with van der Waals surface area (Å²) in [7, 11) is 0. The van der Waals surface area contributed by atoms with E-state index in [1.807, 2.05) is 0 Å². The molecule has 1 saturated carbocycles. The van der Waals surface area contributed by atoms with E-state index in [1.54, 1.807) is 0 Å². The lowest BCUT2D eigenvalue weighted by molar-refractivity contribution is -0.126. The summed E-state index contributed by atoms with van der Waals surface area (Å²) in [6.45, 7) is 5.33. The van der Waals surface area contributed by atoms with Crippen LogP contribution in [0.4, 0.5) is 0 Å². The maximum Gasteiger partial charge on any atom is 0.223 e. The Hall–Kier alpha value is -0.530. The van der Waals surface area contributed by atoms with E-state index in [4.69, 9.17) is 0 Å². The van der Waals surface area contributed by atoms with Gasteiger partial charge in [0.15, 0.2) is 0 Å². The molecule has 1 N–H and O–H groups in total. The van der Waals surface area contributed by atoms with Gasteiger partial charge in [0.1, 0.15) is 0 Å². The molecular formula is C16H31NO. The van der Waals surface area contributed by atoms with Gasteiger partial charge in [-0.05, 0) is 38.0 Å². The Labute approximate surface area is 113 Å². The molecule has 0 radical (unpaired) electrons. The fourth-order valence-corrected chi connectivity index (χ4v) is 2.94. The molecule has 0 aromatic heterocycles. The van der Waals surface area contributed by atoms with Gasteiger partial charge < -0.3 is 5.32 Å². The molecule has 2 nitrogen and oxygen atoms in total. The van der Waals surface area contributed by atoms with E-state index in [0.717, 1.165) is 31.7 Å². The molecule has 1 rings (SSSR count). The van der Waals surface area contributed by atoms with Crippen LogP contribution < -0.4 is 5.32 Å². The lowest BCUT2D eigenvalue weighted by Gasteiger charge is -2.27. The van der Waals surface area contributed by atoms with Gasteiger partial charge >= 0.3 is 0 Å². The van der Waals surface area contributed by atoms with E-state index in [2.05, 4.69) is 19.2 Å². The van der Waals surface area contributed by atoms with Crippen LogP contribution in [0.15, 0.2) is 0 Å². The zero-order valence-electron chi connectivity index (χ0n) is 12.3. The van der Waals surface area contributed by atoms with Crippen molar-refractivity contribution < 1.29 is 4.79 Å². The lowest BCUT2D eigenvalue weighted by atomic mass is 9.79. The van der Waals surface area contributed by atoms with Gasteiger partial charge in [-0.1, -0.05) is 46.0 Å². The van der Waals surface area contributed by atoms with Gasteiger partial charge in [-0.15, -0.1) is 0 Å². The maximum atomic E-state index is 12.0. The number of nitrogens with one attached hydrogen (secondary N) is 1. The van der Waals surface area contributed by atoms with E-state index in [-0.39, 0.29) is 0 Å². The average Bonchev–Trinajstić information content (AvgIpc) is 2.41. The quantitative estimate of drug-likeness (QED) is 0.642. The molecule has 0 aromatic carbocycles. The van der Waals surface area contributed by atoms with Gasteiger partial charge in [0.05, 0.1) is 0 Å². The second-order valence-corrected chi connectivity index (χ2v) is 5.86. The largest absolute Gasteiger partial charge is 0.356 e. The van der Waals surface area contributed by atoms with Gasteiger partial charge in [-0.25, -0.2) is 0 Å². The fourth-order valence-electron chi connectivity index (χ4n) is 2.94. The fraction of sp³-hybridized carbons (Fsp3) is 0.938. The molecule has 1 amide bonds. The van der Waals surface area contributed by atoms with Crippen LogP contribution in [-0.4, -0.2) is 12.5 Å². The van der Waals surface area contributed by atoms with E-state index in [1.165, 1.54) is 44.9 Å². The number of amides is 1. The van der Waals surface area contributed by atoms with E-state index in [9.17, 15) is 4.79 Å². The highest BCUT2D eigenvalue weighted by atomic mass is 16.1. The van der Waals surface area contributed by atoms with Crippen molar-refractivity contribution in [2.45, 2.75) is 78.1 Å². The van der Waals surface area contributed by atoms with Crippen molar-refractivity contribution in [3.8, 4) is 0 Å². The third-order valence-corrected chi connectivity index (χ3v) is 4.26. The number of carbonyl (C=O) groups is 1. The molecule has 0 heterocycles. The molecule has 1 aliphatic rings. The van der Waals surface area contributed by atoms with E-state index < -0.39 is 0 Å². The Kier molecular flexibility index (Phi) is 8.11. The molecule has 0 atom stereocenters. The van der Waals surface area contributed by atoms with Crippen LogP contribution in [0.2, 0.25) is 0 Å². The first-order valence-electron chi connectivity index (χ1n) is 8.05. The first-order chi connectivity index (χ1) is 8.77. The Bertz CT molecular complexity index is 219. The molecule has 1 aliphatic carbocycles. The highest BCUT2D eigenvalue weighted by molar-refractivity contribution is 5.78. The number of carbonyl (C=O) groups excluding carboxylic acids is 1. The molecule has 0 bridgehead atoms. The summed E-state index contributed by atoms with van der Waals surface area (Å²) in [6.07, 6.45) is 12.4. The average molecular weight is 253 g/mol. The van der Waals surface area contributed by atoms with Gasteiger partial charge in [0, 0.05) is 12.5 Å². The van der Waals surface area contributed by atoms with Crippen molar-refractivity contribution in [2.24, 2.45) is 11.8 Å². The van der Waals surface area contributed by atoms with E-state index in [0.29, 0.717) is 11.8 Å².